The van der Waals surface area contributed by atoms with Gasteiger partial charge in [-0.2, -0.15) is 13.2 Å². The second-order valence-corrected chi connectivity index (χ2v) is 7.87. The number of anilines is 1. The number of aryl methyl sites for hydroxylation is 1. The number of nitrogens with one attached hydrogen (secondary N) is 1. The van der Waals surface area contributed by atoms with Crippen LogP contribution in [0.3, 0.4) is 0 Å². The van der Waals surface area contributed by atoms with Crippen molar-refractivity contribution >= 4 is 22.4 Å². The molecule has 0 radical (unpaired) electrons. The highest BCUT2D eigenvalue weighted by molar-refractivity contribution is 5.88. The first-order valence-corrected chi connectivity index (χ1v) is 10.4. The SMILES string of the molecule is Cc1nc(N[C@H](C)c2cc([N+](=O)[O-])cc(C(F)(F)F)c2)c2cn(N3CCOCC3)c(=O)cc2n1. The molecule has 4 rings (SSSR count). The van der Waals surface area contributed by atoms with Crippen LogP contribution in [0.1, 0.15) is 29.9 Å². The zero-order valence-corrected chi connectivity index (χ0v) is 18.3. The summed E-state index contributed by atoms with van der Waals surface area (Å²) in [5.74, 6) is 0.637. The van der Waals surface area contributed by atoms with Gasteiger partial charge in [0.1, 0.15) is 11.6 Å². The number of hydrogen-bond acceptors (Lipinski definition) is 8. The van der Waals surface area contributed by atoms with Gasteiger partial charge in [0.25, 0.3) is 11.2 Å². The Kier molecular flexibility index (Phi) is 6.13. The topological polar surface area (TPSA) is 115 Å². The number of ether oxygens (including phenoxy) is 1. The first-order valence-electron chi connectivity index (χ1n) is 10.4. The molecular formula is C21H21F3N6O4. The van der Waals surface area contributed by atoms with Gasteiger partial charge in [0, 0.05) is 24.4 Å². The number of pyridine rings is 1. The lowest BCUT2D eigenvalue weighted by Gasteiger charge is -2.30. The molecule has 10 nitrogen and oxygen atoms in total. The molecular weight excluding hydrogens is 457 g/mol. The maximum Gasteiger partial charge on any atom is 0.416 e. The molecule has 34 heavy (non-hydrogen) atoms. The molecule has 1 aromatic carbocycles. The third kappa shape index (κ3) is 4.78. The summed E-state index contributed by atoms with van der Waals surface area (Å²) in [7, 11) is 0. The number of morpholine rings is 1. The largest absolute Gasteiger partial charge is 0.416 e. The van der Waals surface area contributed by atoms with E-state index in [2.05, 4.69) is 15.3 Å². The van der Waals surface area contributed by atoms with Crippen LogP contribution in [0.4, 0.5) is 24.7 Å². The van der Waals surface area contributed by atoms with Gasteiger partial charge in [-0.1, -0.05) is 0 Å². The van der Waals surface area contributed by atoms with Gasteiger partial charge in [0.15, 0.2) is 0 Å². The molecule has 1 saturated heterocycles. The fourth-order valence-electron chi connectivity index (χ4n) is 3.75. The van der Waals surface area contributed by atoms with Crippen molar-refractivity contribution < 1.29 is 22.8 Å². The molecule has 1 aliphatic heterocycles. The summed E-state index contributed by atoms with van der Waals surface area (Å²) in [6.07, 6.45) is -3.17. The molecule has 3 heterocycles. The van der Waals surface area contributed by atoms with E-state index >= 15 is 0 Å². The van der Waals surface area contributed by atoms with Crippen LogP contribution in [0.25, 0.3) is 10.9 Å². The molecule has 3 aromatic rings. The summed E-state index contributed by atoms with van der Waals surface area (Å²) >= 11 is 0. The maximum absolute atomic E-state index is 13.3. The van der Waals surface area contributed by atoms with Gasteiger partial charge in [-0.15, -0.1) is 0 Å². The summed E-state index contributed by atoms with van der Waals surface area (Å²) in [5, 5.41) is 16.5. The number of nitro benzene ring substituents is 1. The number of alkyl halides is 3. The molecule has 0 aliphatic carbocycles. The van der Waals surface area contributed by atoms with Gasteiger partial charge in [-0.3, -0.25) is 14.9 Å². The van der Waals surface area contributed by atoms with E-state index in [0.717, 1.165) is 12.1 Å². The normalized spacial score (nSPS) is 15.4. The van der Waals surface area contributed by atoms with Crippen molar-refractivity contribution in [1.82, 2.24) is 14.6 Å². The molecule has 1 atom stereocenters. The second kappa shape index (κ2) is 8.89. The molecule has 0 bridgehead atoms. The summed E-state index contributed by atoms with van der Waals surface area (Å²) in [6.45, 7) is 5.13. The van der Waals surface area contributed by atoms with E-state index in [1.165, 1.54) is 10.7 Å². The lowest BCUT2D eigenvalue weighted by molar-refractivity contribution is -0.385. The zero-order chi connectivity index (χ0) is 24.6. The second-order valence-electron chi connectivity index (χ2n) is 7.87. The Labute approximate surface area is 191 Å². The highest BCUT2D eigenvalue weighted by Gasteiger charge is 2.33. The number of nitrogens with zero attached hydrogens (tertiary/aromatic N) is 5. The van der Waals surface area contributed by atoms with Gasteiger partial charge >= 0.3 is 6.18 Å². The predicted octanol–water partition coefficient (Wildman–Crippen LogP) is 3.17. The van der Waals surface area contributed by atoms with E-state index in [1.807, 2.05) is 5.01 Å². The fourth-order valence-corrected chi connectivity index (χ4v) is 3.75. The Bertz CT molecular complexity index is 1300. The van der Waals surface area contributed by atoms with E-state index in [1.54, 1.807) is 20.0 Å². The highest BCUT2D eigenvalue weighted by atomic mass is 19.4. The number of nitro groups is 1. The number of rotatable bonds is 5. The molecule has 2 aromatic heterocycles. The Morgan fingerprint density at radius 1 is 1.18 bits per heavy atom. The zero-order valence-electron chi connectivity index (χ0n) is 18.3. The average Bonchev–Trinajstić information content (AvgIpc) is 2.78. The first-order chi connectivity index (χ1) is 16.0. The minimum absolute atomic E-state index is 0.0624. The Morgan fingerprint density at radius 3 is 2.53 bits per heavy atom. The van der Waals surface area contributed by atoms with Gasteiger partial charge in [0.2, 0.25) is 0 Å². The number of hydrogen-bond donors (Lipinski definition) is 1. The van der Waals surface area contributed by atoms with Gasteiger partial charge in [-0.05, 0) is 25.5 Å². The van der Waals surface area contributed by atoms with Gasteiger partial charge < -0.3 is 15.1 Å². The summed E-state index contributed by atoms with van der Waals surface area (Å²) in [6, 6.07) is 3.05. The van der Waals surface area contributed by atoms with E-state index in [4.69, 9.17) is 4.74 Å². The predicted molar refractivity (Wildman–Crippen MR) is 117 cm³/mol. The van der Waals surface area contributed by atoms with Crippen molar-refractivity contribution in [3.8, 4) is 0 Å². The van der Waals surface area contributed by atoms with Crippen LogP contribution in [-0.2, 0) is 10.9 Å². The van der Waals surface area contributed by atoms with E-state index in [0.29, 0.717) is 49.1 Å². The quantitative estimate of drug-likeness (QED) is 0.439. The lowest BCUT2D eigenvalue weighted by atomic mass is 10.0. The van der Waals surface area contributed by atoms with Crippen molar-refractivity contribution in [2.24, 2.45) is 0 Å². The Balaban J connectivity index is 1.76. The third-order valence-electron chi connectivity index (χ3n) is 5.45. The summed E-state index contributed by atoms with van der Waals surface area (Å²) in [5.41, 5.74) is -1.64. The minimum Gasteiger partial charge on any atom is -0.378 e. The van der Waals surface area contributed by atoms with E-state index in [-0.39, 0.29) is 16.9 Å². The number of halogens is 3. The molecule has 1 fully saturated rings. The molecule has 180 valence electrons. The number of fused-ring (bicyclic) bond motifs is 1. The van der Waals surface area contributed by atoms with Crippen LogP contribution in [-0.4, -0.2) is 45.9 Å². The minimum atomic E-state index is -4.74. The van der Waals surface area contributed by atoms with Crippen LogP contribution in [0.2, 0.25) is 0 Å². The van der Waals surface area contributed by atoms with Crippen LogP contribution in [0.15, 0.2) is 35.3 Å². The van der Waals surface area contributed by atoms with Crippen molar-refractivity contribution in [2.45, 2.75) is 26.1 Å². The first kappa shape index (κ1) is 23.4. The van der Waals surface area contributed by atoms with Crippen molar-refractivity contribution in [3.05, 3.63) is 67.9 Å². The van der Waals surface area contributed by atoms with Crippen LogP contribution in [0.5, 0.6) is 0 Å². The van der Waals surface area contributed by atoms with Crippen molar-refractivity contribution in [1.29, 1.82) is 0 Å². The van der Waals surface area contributed by atoms with E-state index < -0.39 is 28.4 Å². The fraction of sp³-hybridized carbons (Fsp3) is 0.381. The molecule has 0 amide bonds. The number of non-ortho nitro benzene ring substituents is 1. The van der Waals surface area contributed by atoms with Crippen LogP contribution in [0, 0.1) is 17.0 Å². The van der Waals surface area contributed by atoms with Gasteiger partial charge in [0.05, 0.1) is 53.7 Å². The summed E-state index contributed by atoms with van der Waals surface area (Å²) < 4.78 is 46.7. The molecule has 1 aliphatic rings. The van der Waals surface area contributed by atoms with Gasteiger partial charge in [-0.25, -0.2) is 14.6 Å². The maximum atomic E-state index is 13.3. The third-order valence-corrected chi connectivity index (χ3v) is 5.45. The van der Waals surface area contributed by atoms with Crippen molar-refractivity contribution in [2.75, 3.05) is 36.6 Å². The monoisotopic (exact) mass is 478 g/mol. The number of aromatic nitrogens is 3. The summed E-state index contributed by atoms with van der Waals surface area (Å²) in [4.78, 5) is 31.7. The number of benzene rings is 1. The Morgan fingerprint density at radius 2 is 1.88 bits per heavy atom. The molecule has 1 N–H and O–H groups in total. The van der Waals surface area contributed by atoms with E-state index in [9.17, 15) is 28.1 Å². The smallest absolute Gasteiger partial charge is 0.378 e. The molecule has 13 heteroatoms. The highest BCUT2D eigenvalue weighted by Crippen LogP contribution is 2.35. The lowest BCUT2D eigenvalue weighted by Crippen LogP contribution is -2.48. The molecule has 0 unspecified atom stereocenters. The van der Waals surface area contributed by atoms with Crippen LogP contribution < -0.4 is 15.9 Å². The van der Waals surface area contributed by atoms with Crippen molar-refractivity contribution in [3.63, 3.8) is 0 Å². The molecule has 0 spiro atoms. The average molecular weight is 478 g/mol. The molecule has 0 saturated carbocycles. The standard InChI is InChI=1S/C21H21F3N6O4/c1-12(14-7-15(21(22,23)24)9-16(8-14)30(32)33)25-20-17-11-29(28-3-5-34-6-4-28)19(31)10-18(17)26-13(2)27-20/h7-12H,3-6H2,1-2H3,(H,25,26,27)/t12-/m1/s1. The van der Waals surface area contributed by atoms with Crippen LogP contribution >= 0.6 is 0 Å². The Hall–Kier alpha value is -3.74.